The molecule has 0 aliphatic carbocycles. The van der Waals surface area contributed by atoms with Gasteiger partial charge in [-0.05, 0) is 54.1 Å². The number of carboxylic acid groups (broad SMARTS) is 1. The number of sulfonamides is 1. The Balaban J connectivity index is 1.72. The molecule has 2 aromatic carbocycles. The van der Waals surface area contributed by atoms with Gasteiger partial charge in [-0.15, -0.1) is 0 Å². The van der Waals surface area contributed by atoms with Crippen molar-refractivity contribution in [3.8, 4) is 11.5 Å². The van der Waals surface area contributed by atoms with Gasteiger partial charge in [-0.3, -0.25) is 0 Å². The molecule has 0 amide bonds. The minimum absolute atomic E-state index is 0.0549. The van der Waals surface area contributed by atoms with E-state index < -0.39 is 16.0 Å². The van der Waals surface area contributed by atoms with Gasteiger partial charge in [0.05, 0.1) is 24.1 Å². The summed E-state index contributed by atoms with van der Waals surface area (Å²) in [5.74, 6) is -0.375. The number of aromatic carboxylic acids is 1. The maximum atomic E-state index is 12.5. The van der Waals surface area contributed by atoms with Gasteiger partial charge >= 0.3 is 0 Å². The molecule has 3 rings (SSSR count). The first-order valence-corrected chi connectivity index (χ1v) is 9.08. The minimum atomic E-state index is -3.54. The fourth-order valence-corrected chi connectivity index (χ4v) is 3.82. The summed E-state index contributed by atoms with van der Waals surface area (Å²) in [5.41, 5.74) is 0.0549. The first-order valence-electron chi connectivity index (χ1n) is 7.64. The predicted octanol–water partition coefficient (Wildman–Crippen LogP) is 0.863. The van der Waals surface area contributed by atoms with Gasteiger partial charge in [0.1, 0.15) is 11.5 Å². The quantitative estimate of drug-likeness (QED) is 0.783. The van der Waals surface area contributed by atoms with Gasteiger partial charge in [0.2, 0.25) is 10.0 Å². The second kappa shape index (κ2) is 7.22. The average Bonchev–Trinajstić information content (AvgIpc) is 2.63. The standard InChI is InChI=1S/C17H17NO6S/c19-17(20)13-1-3-14(4-2-13)24-15-5-7-16(8-6-15)25(21,22)18-9-11-23-12-10-18/h1-8H,9-12H2,(H,19,20)/p-1. The smallest absolute Gasteiger partial charge is 0.243 e. The van der Waals surface area contributed by atoms with Gasteiger partial charge in [0.15, 0.2) is 0 Å². The molecule has 0 unspecified atom stereocenters. The van der Waals surface area contributed by atoms with E-state index in [9.17, 15) is 18.3 Å². The van der Waals surface area contributed by atoms with E-state index >= 15 is 0 Å². The zero-order valence-electron chi connectivity index (χ0n) is 13.3. The Bertz CT molecular complexity index is 840. The number of ether oxygens (including phenoxy) is 2. The third-order valence-corrected chi connectivity index (χ3v) is 5.67. The van der Waals surface area contributed by atoms with Crippen molar-refractivity contribution in [2.45, 2.75) is 4.90 Å². The van der Waals surface area contributed by atoms with Crippen molar-refractivity contribution >= 4 is 16.0 Å². The lowest BCUT2D eigenvalue weighted by molar-refractivity contribution is -0.255. The highest BCUT2D eigenvalue weighted by Crippen LogP contribution is 2.24. The highest BCUT2D eigenvalue weighted by molar-refractivity contribution is 7.89. The number of carboxylic acids is 1. The van der Waals surface area contributed by atoms with Crippen molar-refractivity contribution in [3.05, 3.63) is 54.1 Å². The Labute approximate surface area is 145 Å². The number of rotatable bonds is 5. The Kier molecular flexibility index (Phi) is 5.03. The molecule has 0 N–H and O–H groups in total. The van der Waals surface area contributed by atoms with Crippen molar-refractivity contribution in [1.82, 2.24) is 4.31 Å². The molecule has 1 heterocycles. The number of carbonyl (C=O) groups excluding carboxylic acids is 1. The minimum Gasteiger partial charge on any atom is -0.545 e. The molecule has 1 saturated heterocycles. The normalized spacial score (nSPS) is 15.7. The Morgan fingerprint density at radius 3 is 2.00 bits per heavy atom. The van der Waals surface area contributed by atoms with Crippen LogP contribution in [0.1, 0.15) is 10.4 Å². The van der Waals surface area contributed by atoms with E-state index in [1.165, 1.54) is 40.7 Å². The topological polar surface area (TPSA) is 96.0 Å². The van der Waals surface area contributed by atoms with Gasteiger partial charge in [0, 0.05) is 13.1 Å². The van der Waals surface area contributed by atoms with Gasteiger partial charge in [-0.2, -0.15) is 4.31 Å². The number of benzene rings is 2. The van der Waals surface area contributed by atoms with Crippen LogP contribution in [0.15, 0.2) is 53.4 Å². The van der Waals surface area contributed by atoms with Crippen LogP contribution in [0.5, 0.6) is 11.5 Å². The monoisotopic (exact) mass is 362 g/mol. The first kappa shape index (κ1) is 17.4. The molecule has 0 radical (unpaired) electrons. The highest BCUT2D eigenvalue weighted by Gasteiger charge is 2.26. The van der Waals surface area contributed by atoms with Crippen LogP contribution in [0.3, 0.4) is 0 Å². The summed E-state index contributed by atoms with van der Waals surface area (Å²) in [4.78, 5) is 10.9. The largest absolute Gasteiger partial charge is 0.545 e. The molecule has 8 heteroatoms. The number of morpholine rings is 1. The summed E-state index contributed by atoms with van der Waals surface area (Å²) < 4.78 is 37.2. The van der Waals surface area contributed by atoms with Crippen LogP contribution < -0.4 is 9.84 Å². The van der Waals surface area contributed by atoms with Crippen molar-refractivity contribution in [2.24, 2.45) is 0 Å². The molecule has 0 bridgehead atoms. The summed E-state index contributed by atoms with van der Waals surface area (Å²) in [6.07, 6.45) is 0. The zero-order valence-corrected chi connectivity index (χ0v) is 14.1. The van der Waals surface area contributed by atoms with E-state index in [4.69, 9.17) is 9.47 Å². The first-order chi connectivity index (χ1) is 12.0. The maximum Gasteiger partial charge on any atom is 0.243 e. The lowest BCUT2D eigenvalue weighted by Gasteiger charge is -2.26. The van der Waals surface area contributed by atoms with Crippen LogP contribution in [0.25, 0.3) is 0 Å². The summed E-state index contributed by atoms with van der Waals surface area (Å²) in [6, 6.07) is 11.8. The second-order valence-electron chi connectivity index (χ2n) is 5.40. The molecule has 0 spiro atoms. The van der Waals surface area contributed by atoms with E-state index in [-0.39, 0.29) is 10.5 Å². The third-order valence-electron chi connectivity index (χ3n) is 3.76. The molecular weight excluding hydrogens is 346 g/mol. The van der Waals surface area contributed by atoms with E-state index in [2.05, 4.69) is 0 Å². The molecule has 132 valence electrons. The highest BCUT2D eigenvalue weighted by atomic mass is 32.2. The molecule has 0 saturated carbocycles. The Morgan fingerprint density at radius 2 is 1.48 bits per heavy atom. The van der Waals surface area contributed by atoms with Gasteiger partial charge in [-0.1, -0.05) is 0 Å². The fourth-order valence-electron chi connectivity index (χ4n) is 2.41. The van der Waals surface area contributed by atoms with Crippen LogP contribution in [0.2, 0.25) is 0 Å². The van der Waals surface area contributed by atoms with E-state index in [1.807, 2.05) is 0 Å². The predicted molar refractivity (Wildman–Crippen MR) is 86.9 cm³/mol. The van der Waals surface area contributed by atoms with Crippen LogP contribution in [-0.2, 0) is 14.8 Å². The van der Waals surface area contributed by atoms with Crippen molar-refractivity contribution in [3.63, 3.8) is 0 Å². The van der Waals surface area contributed by atoms with E-state index in [0.717, 1.165) is 0 Å². The molecule has 25 heavy (non-hydrogen) atoms. The molecule has 7 nitrogen and oxygen atoms in total. The van der Waals surface area contributed by atoms with Crippen molar-refractivity contribution in [2.75, 3.05) is 26.3 Å². The molecule has 1 fully saturated rings. The Hall–Kier alpha value is -2.42. The maximum absolute atomic E-state index is 12.5. The summed E-state index contributed by atoms with van der Waals surface area (Å²) >= 11 is 0. The fraction of sp³-hybridized carbons (Fsp3) is 0.235. The van der Waals surface area contributed by atoms with Gasteiger partial charge < -0.3 is 19.4 Å². The summed E-state index contributed by atoms with van der Waals surface area (Å²) in [7, 11) is -3.54. The molecule has 0 atom stereocenters. The average molecular weight is 362 g/mol. The second-order valence-corrected chi connectivity index (χ2v) is 7.34. The molecule has 1 aliphatic heterocycles. The molecule has 1 aliphatic rings. The summed E-state index contributed by atoms with van der Waals surface area (Å²) in [6.45, 7) is 1.46. The number of hydrogen-bond donors (Lipinski definition) is 0. The van der Waals surface area contributed by atoms with Crippen molar-refractivity contribution in [1.29, 1.82) is 0 Å². The lowest BCUT2D eigenvalue weighted by Crippen LogP contribution is -2.40. The van der Waals surface area contributed by atoms with E-state index in [1.54, 1.807) is 12.1 Å². The van der Waals surface area contributed by atoms with Gasteiger partial charge in [-0.25, -0.2) is 8.42 Å². The Morgan fingerprint density at radius 1 is 0.960 bits per heavy atom. The van der Waals surface area contributed by atoms with E-state index in [0.29, 0.717) is 37.8 Å². The summed E-state index contributed by atoms with van der Waals surface area (Å²) in [5, 5.41) is 10.7. The lowest BCUT2D eigenvalue weighted by atomic mass is 10.2. The van der Waals surface area contributed by atoms with Crippen LogP contribution in [0.4, 0.5) is 0 Å². The number of carbonyl (C=O) groups is 1. The molecular formula is C17H16NO6S-. The number of nitrogens with zero attached hydrogens (tertiary/aromatic N) is 1. The zero-order chi connectivity index (χ0) is 17.9. The SMILES string of the molecule is O=C([O-])c1ccc(Oc2ccc(S(=O)(=O)N3CCOCC3)cc2)cc1. The van der Waals surface area contributed by atoms with Crippen LogP contribution in [0, 0.1) is 0 Å². The van der Waals surface area contributed by atoms with Crippen LogP contribution >= 0.6 is 0 Å². The molecule has 0 aromatic heterocycles. The van der Waals surface area contributed by atoms with Crippen molar-refractivity contribution < 1.29 is 27.8 Å². The third kappa shape index (κ3) is 3.98. The van der Waals surface area contributed by atoms with Crippen LogP contribution in [-0.4, -0.2) is 45.0 Å². The number of hydrogen-bond acceptors (Lipinski definition) is 6. The van der Waals surface area contributed by atoms with Gasteiger partial charge in [0.25, 0.3) is 0 Å². The molecule has 2 aromatic rings.